The fourth-order valence-corrected chi connectivity index (χ4v) is 4.83. The highest BCUT2D eigenvalue weighted by Crippen LogP contribution is 2.39. The lowest BCUT2D eigenvalue weighted by Crippen LogP contribution is -1.92. The Morgan fingerprint density at radius 1 is 0.607 bits per heavy atom. The summed E-state index contributed by atoms with van der Waals surface area (Å²) in [5.41, 5.74) is 3.80. The molecule has 28 heavy (non-hydrogen) atoms. The number of nitrogens with zero attached hydrogens (tertiary/aromatic N) is 2. The Labute approximate surface area is 167 Å². The first-order chi connectivity index (χ1) is 13.8. The van der Waals surface area contributed by atoms with Crippen LogP contribution in [-0.2, 0) is 0 Å². The van der Waals surface area contributed by atoms with Gasteiger partial charge in [0.25, 0.3) is 0 Å². The largest absolute Gasteiger partial charge is 0.454 e. The number of thiazole rings is 2. The lowest BCUT2D eigenvalue weighted by molar-refractivity contribution is 0.173. The van der Waals surface area contributed by atoms with Gasteiger partial charge in [0.15, 0.2) is 33.0 Å². The zero-order chi connectivity index (χ0) is 18.5. The second kappa shape index (κ2) is 6.22. The zero-order valence-electron chi connectivity index (χ0n) is 14.4. The molecule has 0 N–H and O–H groups in total. The van der Waals surface area contributed by atoms with E-state index in [1.807, 2.05) is 47.2 Å². The van der Waals surface area contributed by atoms with Crippen LogP contribution >= 0.6 is 22.7 Å². The molecular formula is C20H12N2O4S2. The van der Waals surface area contributed by atoms with Crippen molar-refractivity contribution in [3.8, 4) is 55.5 Å². The lowest BCUT2D eigenvalue weighted by Gasteiger charge is -1.99. The summed E-state index contributed by atoms with van der Waals surface area (Å²) in [5.74, 6) is 3.05. The predicted octanol–water partition coefficient (Wildman–Crippen LogP) is 5.06. The molecule has 0 bridgehead atoms. The molecule has 138 valence electrons. The molecule has 2 aliphatic heterocycles. The lowest BCUT2D eigenvalue weighted by atomic mass is 10.1. The van der Waals surface area contributed by atoms with E-state index in [0.717, 1.165) is 55.5 Å². The molecule has 0 unspecified atom stereocenters. The van der Waals surface area contributed by atoms with E-state index in [1.54, 1.807) is 22.7 Å². The molecule has 0 saturated carbocycles. The van der Waals surface area contributed by atoms with Crippen molar-refractivity contribution in [1.29, 1.82) is 0 Å². The van der Waals surface area contributed by atoms with Crippen molar-refractivity contribution < 1.29 is 18.9 Å². The minimum absolute atomic E-state index is 0.267. The van der Waals surface area contributed by atoms with Crippen LogP contribution in [-0.4, -0.2) is 23.6 Å². The van der Waals surface area contributed by atoms with Crippen molar-refractivity contribution in [2.24, 2.45) is 0 Å². The van der Waals surface area contributed by atoms with Gasteiger partial charge in [0.2, 0.25) is 13.6 Å². The van der Waals surface area contributed by atoms with Crippen molar-refractivity contribution in [2.75, 3.05) is 13.6 Å². The van der Waals surface area contributed by atoms with Crippen LogP contribution in [0.25, 0.3) is 32.5 Å². The number of benzene rings is 2. The Kier molecular flexibility index (Phi) is 3.53. The van der Waals surface area contributed by atoms with Crippen LogP contribution in [0.3, 0.4) is 0 Å². The van der Waals surface area contributed by atoms with Crippen LogP contribution in [0.15, 0.2) is 47.2 Å². The van der Waals surface area contributed by atoms with Gasteiger partial charge in [-0.15, -0.1) is 22.7 Å². The van der Waals surface area contributed by atoms with Gasteiger partial charge < -0.3 is 18.9 Å². The Morgan fingerprint density at radius 2 is 1.07 bits per heavy atom. The molecule has 2 aromatic carbocycles. The summed E-state index contributed by atoms with van der Waals surface area (Å²) in [6, 6.07) is 11.7. The normalized spacial score (nSPS) is 13.9. The SMILES string of the molecule is c1cc2c(cc1-c1csc(-c3nc(-c4ccc5c(c4)OCO5)cs3)n1)OCO2. The zero-order valence-corrected chi connectivity index (χ0v) is 16.0. The summed E-state index contributed by atoms with van der Waals surface area (Å²) in [4.78, 5) is 9.53. The summed E-state index contributed by atoms with van der Waals surface area (Å²) in [7, 11) is 0. The smallest absolute Gasteiger partial charge is 0.231 e. The minimum atomic E-state index is 0.267. The molecule has 8 heteroatoms. The van der Waals surface area contributed by atoms with E-state index in [-0.39, 0.29) is 13.6 Å². The van der Waals surface area contributed by atoms with Gasteiger partial charge in [-0.05, 0) is 36.4 Å². The average molecular weight is 408 g/mol. The van der Waals surface area contributed by atoms with Crippen LogP contribution in [0.1, 0.15) is 0 Å². The average Bonchev–Trinajstić information content (AvgIpc) is 3.53. The van der Waals surface area contributed by atoms with Crippen LogP contribution in [0, 0.1) is 0 Å². The van der Waals surface area contributed by atoms with Crippen LogP contribution in [0.4, 0.5) is 0 Å². The standard InChI is InChI=1S/C20H12N2O4S2/c1-3-15-17(25-9-23-15)5-11(1)13-7-27-19(21-13)20-22-14(8-28-20)12-2-4-16-18(6-12)26-10-24-16/h1-8H,9-10H2. The Balaban J connectivity index is 1.30. The first-order valence-electron chi connectivity index (χ1n) is 8.55. The minimum Gasteiger partial charge on any atom is -0.454 e. The van der Waals surface area contributed by atoms with Crippen LogP contribution < -0.4 is 18.9 Å². The highest BCUT2D eigenvalue weighted by molar-refractivity contribution is 7.20. The molecule has 0 aliphatic carbocycles. The summed E-state index contributed by atoms with van der Waals surface area (Å²) < 4.78 is 21.7. The van der Waals surface area contributed by atoms with Gasteiger partial charge >= 0.3 is 0 Å². The van der Waals surface area contributed by atoms with Gasteiger partial charge in [0.05, 0.1) is 11.4 Å². The summed E-state index contributed by atoms with van der Waals surface area (Å²) in [6.07, 6.45) is 0. The van der Waals surface area contributed by atoms with Crippen molar-refractivity contribution in [3.63, 3.8) is 0 Å². The number of hydrogen-bond donors (Lipinski definition) is 0. The first-order valence-corrected chi connectivity index (χ1v) is 10.3. The Morgan fingerprint density at radius 3 is 1.57 bits per heavy atom. The van der Waals surface area contributed by atoms with E-state index in [2.05, 4.69) is 0 Å². The molecule has 6 rings (SSSR count). The summed E-state index contributed by atoms with van der Waals surface area (Å²) in [5, 5.41) is 5.86. The number of aromatic nitrogens is 2. The highest BCUT2D eigenvalue weighted by atomic mass is 32.1. The fourth-order valence-electron chi connectivity index (χ4n) is 3.12. The van der Waals surface area contributed by atoms with Gasteiger partial charge in [0.1, 0.15) is 0 Å². The maximum atomic E-state index is 5.46. The number of ether oxygens (including phenoxy) is 4. The van der Waals surface area contributed by atoms with Crippen LogP contribution in [0.5, 0.6) is 23.0 Å². The third kappa shape index (κ3) is 2.61. The van der Waals surface area contributed by atoms with E-state index in [1.165, 1.54) is 0 Å². The second-order valence-corrected chi connectivity index (χ2v) is 7.93. The molecule has 6 nitrogen and oxygen atoms in total. The monoisotopic (exact) mass is 408 g/mol. The molecule has 0 spiro atoms. The number of hydrogen-bond acceptors (Lipinski definition) is 8. The molecule has 0 amide bonds. The van der Waals surface area contributed by atoms with E-state index >= 15 is 0 Å². The van der Waals surface area contributed by atoms with Crippen LogP contribution in [0.2, 0.25) is 0 Å². The molecule has 0 radical (unpaired) electrons. The van der Waals surface area contributed by atoms with E-state index in [0.29, 0.717) is 0 Å². The van der Waals surface area contributed by atoms with Gasteiger partial charge in [-0.2, -0.15) is 0 Å². The summed E-state index contributed by atoms with van der Waals surface area (Å²) >= 11 is 3.16. The van der Waals surface area contributed by atoms with Crippen molar-refractivity contribution >= 4 is 22.7 Å². The van der Waals surface area contributed by atoms with Gasteiger partial charge in [-0.1, -0.05) is 0 Å². The van der Waals surface area contributed by atoms with E-state index < -0.39 is 0 Å². The summed E-state index contributed by atoms with van der Waals surface area (Å²) in [6.45, 7) is 0.533. The second-order valence-electron chi connectivity index (χ2n) is 6.21. The molecule has 0 saturated heterocycles. The van der Waals surface area contributed by atoms with Gasteiger partial charge in [-0.25, -0.2) is 9.97 Å². The highest BCUT2D eigenvalue weighted by Gasteiger charge is 2.18. The maximum absolute atomic E-state index is 5.46. The third-order valence-corrected chi connectivity index (χ3v) is 6.36. The molecule has 4 heterocycles. The first kappa shape index (κ1) is 15.9. The van der Waals surface area contributed by atoms with Crippen molar-refractivity contribution in [1.82, 2.24) is 9.97 Å². The number of fused-ring (bicyclic) bond motifs is 2. The molecular weight excluding hydrogens is 396 g/mol. The Bertz CT molecular complexity index is 1110. The third-order valence-electron chi connectivity index (χ3n) is 4.53. The topological polar surface area (TPSA) is 62.7 Å². The number of rotatable bonds is 3. The maximum Gasteiger partial charge on any atom is 0.231 e. The van der Waals surface area contributed by atoms with E-state index in [4.69, 9.17) is 28.9 Å². The molecule has 2 aliphatic rings. The molecule has 2 aromatic heterocycles. The van der Waals surface area contributed by atoms with Crippen molar-refractivity contribution in [3.05, 3.63) is 47.2 Å². The molecule has 4 aromatic rings. The van der Waals surface area contributed by atoms with Gasteiger partial charge in [0, 0.05) is 21.9 Å². The molecule has 0 atom stereocenters. The van der Waals surface area contributed by atoms with E-state index in [9.17, 15) is 0 Å². The fraction of sp³-hybridized carbons (Fsp3) is 0.100. The van der Waals surface area contributed by atoms with Gasteiger partial charge in [-0.3, -0.25) is 0 Å². The Hall–Kier alpha value is -3.10. The quantitative estimate of drug-likeness (QED) is 0.472. The van der Waals surface area contributed by atoms with Crippen molar-refractivity contribution in [2.45, 2.75) is 0 Å². The predicted molar refractivity (Wildman–Crippen MR) is 106 cm³/mol. The molecule has 0 fully saturated rings.